The zero-order valence-electron chi connectivity index (χ0n) is 6.84. The van der Waals surface area contributed by atoms with Crippen molar-refractivity contribution >= 4 is 0 Å². The zero-order valence-corrected chi connectivity index (χ0v) is 6.84. The van der Waals surface area contributed by atoms with Crippen LogP contribution in [0, 0.1) is 17.4 Å². The number of nitriles is 1. The fourth-order valence-corrected chi connectivity index (χ4v) is 1.55. The van der Waals surface area contributed by atoms with Crippen LogP contribution in [0.5, 0.6) is 0 Å². The lowest BCUT2D eigenvalue weighted by molar-refractivity contribution is 0.0881. The molecule has 0 radical (unpaired) electrons. The standard InChI is InChI=1S/C8H14N2O/c1-2-8-7(3-4-11-8)5-10-6-9/h7-8,10H,2-5H2,1H3. The van der Waals surface area contributed by atoms with E-state index < -0.39 is 0 Å². The predicted molar refractivity (Wildman–Crippen MR) is 41.8 cm³/mol. The average Bonchev–Trinajstić information content (AvgIpc) is 2.47. The Morgan fingerprint density at radius 1 is 1.73 bits per heavy atom. The number of rotatable bonds is 3. The molecule has 1 aliphatic rings. The molecular weight excluding hydrogens is 140 g/mol. The topological polar surface area (TPSA) is 45.0 Å². The molecule has 11 heavy (non-hydrogen) atoms. The van der Waals surface area contributed by atoms with E-state index in [4.69, 9.17) is 10.00 Å². The molecule has 62 valence electrons. The van der Waals surface area contributed by atoms with Crippen molar-refractivity contribution in [2.24, 2.45) is 5.92 Å². The van der Waals surface area contributed by atoms with Gasteiger partial charge in [0.2, 0.25) is 0 Å². The molecule has 3 nitrogen and oxygen atoms in total. The first-order valence-electron chi connectivity index (χ1n) is 4.12. The molecule has 1 fully saturated rings. The third-order valence-electron chi connectivity index (χ3n) is 2.19. The van der Waals surface area contributed by atoms with Gasteiger partial charge in [-0.2, -0.15) is 5.26 Å². The monoisotopic (exact) mass is 154 g/mol. The van der Waals surface area contributed by atoms with Gasteiger partial charge in [0.1, 0.15) is 0 Å². The molecule has 0 spiro atoms. The van der Waals surface area contributed by atoms with E-state index in [1.807, 2.05) is 6.19 Å². The van der Waals surface area contributed by atoms with Crippen LogP contribution in [-0.2, 0) is 4.74 Å². The molecule has 1 rings (SSSR count). The van der Waals surface area contributed by atoms with Gasteiger partial charge in [-0.25, -0.2) is 0 Å². The van der Waals surface area contributed by atoms with Crippen molar-refractivity contribution in [1.82, 2.24) is 5.32 Å². The van der Waals surface area contributed by atoms with Crippen molar-refractivity contribution in [2.75, 3.05) is 13.2 Å². The molecule has 0 aliphatic carbocycles. The summed E-state index contributed by atoms with van der Waals surface area (Å²) in [5, 5.41) is 11.0. The molecule has 0 aromatic heterocycles. The second-order valence-corrected chi connectivity index (χ2v) is 2.86. The van der Waals surface area contributed by atoms with Gasteiger partial charge in [-0.3, -0.25) is 0 Å². The van der Waals surface area contributed by atoms with Gasteiger partial charge in [-0.1, -0.05) is 6.92 Å². The average molecular weight is 154 g/mol. The van der Waals surface area contributed by atoms with Crippen LogP contribution in [0.15, 0.2) is 0 Å². The first kappa shape index (κ1) is 8.35. The SMILES string of the molecule is CCC1OCCC1CNC#N. The summed E-state index contributed by atoms with van der Waals surface area (Å²) in [6.45, 7) is 3.75. The summed E-state index contributed by atoms with van der Waals surface area (Å²) in [5.74, 6) is 0.541. The smallest absolute Gasteiger partial charge is 0.176 e. The maximum absolute atomic E-state index is 8.28. The Kier molecular flexibility index (Phi) is 3.18. The van der Waals surface area contributed by atoms with Gasteiger partial charge in [0.25, 0.3) is 0 Å². The van der Waals surface area contributed by atoms with Crippen LogP contribution in [0.25, 0.3) is 0 Å². The normalized spacial score (nSPS) is 29.8. The molecule has 0 aromatic rings. The second-order valence-electron chi connectivity index (χ2n) is 2.86. The molecule has 0 saturated carbocycles. The van der Waals surface area contributed by atoms with Crippen molar-refractivity contribution in [1.29, 1.82) is 5.26 Å². The quantitative estimate of drug-likeness (QED) is 0.484. The first-order valence-corrected chi connectivity index (χ1v) is 4.12. The number of hydrogen-bond acceptors (Lipinski definition) is 3. The zero-order chi connectivity index (χ0) is 8.10. The Bertz CT molecular complexity index is 153. The van der Waals surface area contributed by atoms with E-state index in [2.05, 4.69) is 12.2 Å². The van der Waals surface area contributed by atoms with Crippen molar-refractivity contribution in [2.45, 2.75) is 25.9 Å². The van der Waals surface area contributed by atoms with Gasteiger partial charge in [-0.15, -0.1) is 0 Å². The van der Waals surface area contributed by atoms with Gasteiger partial charge in [-0.05, 0) is 12.8 Å². The molecule has 1 aliphatic heterocycles. The van der Waals surface area contributed by atoms with Crippen molar-refractivity contribution in [3.8, 4) is 6.19 Å². The van der Waals surface area contributed by atoms with Crippen LogP contribution in [0.2, 0.25) is 0 Å². The minimum absolute atomic E-state index is 0.371. The molecule has 1 saturated heterocycles. The maximum Gasteiger partial charge on any atom is 0.176 e. The van der Waals surface area contributed by atoms with Gasteiger partial charge < -0.3 is 10.1 Å². The van der Waals surface area contributed by atoms with E-state index in [-0.39, 0.29) is 0 Å². The number of nitrogens with zero attached hydrogens (tertiary/aromatic N) is 1. The fourth-order valence-electron chi connectivity index (χ4n) is 1.55. The lowest BCUT2D eigenvalue weighted by Gasteiger charge is -2.14. The molecule has 2 atom stereocenters. The minimum Gasteiger partial charge on any atom is -0.378 e. The van der Waals surface area contributed by atoms with Crippen molar-refractivity contribution in [3.63, 3.8) is 0 Å². The van der Waals surface area contributed by atoms with Crippen LogP contribution >= 0.6 is 0 Å². The molecule has 3 heteroatoms. The highest BCUT2D eigenvalue weighted by molar-refractivity contribution is 4.79. The molecule has 0 aromatic carbocycles. The third-order valence-corrected chi connectivity index (χ3v) is 2.19. The van der Waals surface area contributed by atoms with Crippen LogP contribution < -0.4 is 5.32 Å². The second kappa shape index (κ2) is 4.20. The van der Waals surface area contributed by atoms with Gasteiger partial charge in [0.05, 0.1) is 6.10 Å². The van der Waals surface area contributed by atoms with E-state index in [1.54, 1.807) is 0 Å². The lowest BCUT2D eigenvalue weighted by Crippen LogP contribution is -2.25. The summed E-state index contributed by atoms with van der Waals surface area (Å²) in [6.07, 6.45) is 4.45. The number of ether oxygens (including phenoxy) is 1. The Morgan fingerprint density at radius 3 is 3.18 bits per heavy atom. The highest BCUT2D eigenvalue weighted by Gasteiger charge is 2.25. The fraction of sp³-hybridized carbons (Fsp3) is 0.875. The number of nitrogens with one attached hydrogen (secondary N) is 1. The highest BCUT2D eigenvalue weighted by Crippen LogP contribution is 2.22. The lowest BCUT2D eigenvalue weighted by atomic mass is 10.00. The van der Waals surface area contributed by atoms with Gasteiger partial charge in [0.15, 0.2) is 6.19 Å². The molecule has 0 amide bonds. The summed E-state index contributed by atoms with van der Waals surface area (Å²) >= 11 is 0. The van der Waals surface area contributed by atoms with E-state index in [1.165, 1.54) is 0 Å². The van der Waals surface area contributed by atoms with Crippen LogP contribution in [-0.4, -0.2) is 19.3 Å². The van der Waals surface area contributed by atoms with Gasteiger partial charge in [0, 0.05) is 19.1 Å². The molecular formula is C8H14N2O. The maximum atomic E-state index is 8.28. The Labute approximate surface area is 67.3 Å². The van der Waals surface area contributed by atoms with Crippen LogP contribution in [0.1, 0.15) is 19.8 Å². The predicted octanol–water partition coefficient (Wildman–Crippen LogP) is 0.872. The largest absolute Gasteiger partial charge is 0.378 e. The van der Waals surface area contributed by atoms with E-state index >= 15 is 0 Å². The summed E-state index contributed by atoms with van der Waals surface area (Å²) in [4.78, 5) is 0. The van der Waals surface area contributed by atoms with E-state index in [9.17, 15) is 0 Å². The summed E-state index contributed by atoms with van der Waals surface area (Å²) in [6, 6.07) is 0. The van der Waals surface area contributed by atoms with Crippen LogP contribution in [0.4, 0.5) is 0 Å². The summed E-state index contributed by atoms with van der Waals surface area (Å²) < 4.78 is 5.46. The van der Waals surface area contributed by atoms with Crippen LogP contribution in [0.3, 0.4) is 0 Å². The highest BCUT2D eigenvalue weighted by atomic mass is 16.5. The number of hydrogen-bond donors (Lipinski definition) is 1. The molecule has 1 heterocycles. The Morgan fingerprint density at radius 2 is 2.55 bits per heavy atom. The Hall–Kier alpha value is -0.750. The first-order chi connectivity index (χ1) is 5.38. The van der Waals surface area contributed by atoms with E-state index in [0.717, 1.165) is 26.0 Å². The molecule has 1 N–H and O–H groups in total. The summed E-state index contributed by atoms with van der Waals surface area (Å²) in [7, 11) is 0. The van der Waals surface area contributed by atoms with Crippen molar-refractivity contribution < 1.29 is 4.74 Å². The van der Waals surface area contributed by atoms with E-state index in [0.29, 0.717) is 12.0 Å². The van der Waals surface area contributed by atoms with Crippen molar-refractivity contribution in [3.05, 3.63) is 0 Å². The Balaban J connectivity index is 2.27. The van der Waals surface area contributed by atoms with Gasteiger partial charge >= 0.3 is 0 Å². The summed E-state index contributed by atoms with van der Waals surface area (Å²) in [5.41, 5.74) is 0. The third kappa shape index (κ3) is 2.09. The molecule has 2 unspecified atom stereocenters. The minimum atomic E-state index is 0.371. The molecule has 0 bridgehead atoms.